The second-order valence-corrected chi connectivity index (χ2v) is 5.54. The molecule has 0 spiro atoms. The predicted octanol–water partition coefficient (Wildman–Crippen LogP) is 3.82. The minimum absolute atomic E-state index is 0.440. The number of hydrogen-bond acceptors (Lipinski definition) is 3. The van der Waals surface area contributed by atoms with Gasteiger partial charge in [-0.1, -0.05) is 23.7 Å². The first-order valence-electron chi connectivity index (χ1n) is 6.73. The zero-order chi connectivity index (χ0) is 15.0. The lowest BCUT2D eigenvalue weighted by Crippen LogP contribution is -1.99. The molecule has 0 radical (unpaired) electrons. The predicted molar refractivity (Wildman–Crippen MR) is 83.8 cm³/mol. The van der Waals surface area contributed by atoms with E-state index in [4.69, 9.17) is 16.3 Å². The summed E-state index contributed by atoms with van der Waals surface area (Å²) in [5, 5.41) is 6.20. The average molecular weight is 302 g/mol. The molecule has 4 nitrogen and oxygen atoms in total. The van der Waals surface area contributed by atoms with Gasteiger partial charge in [-0.3, -0.25) is 4.68 Å². The molecule has 0 saturated heterocycles. The lowest BCUT2D eigenvalue weighted by Gasteiger charge is -2.07. The third-order valence-corrected chi connectivity index (χ3v) is 3.65. The van der Waals surface area contributed by atoms with E-state index in [-0.39, 0.29) is 0 Å². The van der Waals surface area contributed by atoms with Gasteiger partial charge in [0.2, 0.25) is 5.88 Å². The van der Waals surface area contributed by atoms with Crippen molar-refractivity contribution in [1.29, 1.82) is 0 Å². The molecule has 0 aliphatic heterocycles. The largest absolute Gasteiger partial charge is 0.473 e. The molecule has 0 fully saturated rings. The lowest BCUT2D eigenvalue weighted by molar-refractivity contribution is 0.294. The molecule has 0 amide bonds. The van der Waals surface area contributed by atoms with Crippen molar-refractivity contribution >= 4 is 22.6 Å². The number of nitrogens with zero attached hydrogens (tertiary/aromatic N) is 3. The highest BCUT2D eigenvalue weighted by molar-refractivity contribution is 6.30. The summed E-state index contributed by atoms with van der Waals surface area (Å²) in [6.45, 7) is 4.48. The van der Waals surface area contributed by atoms with Crippen LogP contribution in [0.1, 0.15) is 16.8 Å². The summed E-state index contributed by atoms with van der Waals surface area (Å²) < 4.78 is 7.57. The number of aromatic nitrogens is 3. The van der Waals surface area contributed by atoms with E-state index in [0.717, 1.165) is 27.9 Å². The quantitative estimate of drug-likeness (QED) is 0.738. The zero-order valence-corrected chi connectivity index (χ0v) is 13.0. The molecule has 3 rings (SSSR count). The van der Waals surface area contributed by atoms with E-state index in [1.807, 2.05) is 51.2 Å². The minimum Gasteiger partial charge on any atom is -0.473 e. The molecule has 0 bridgehead atoms. The average Bonchev–Trinajstić information content (AvgIpc) is 2.72. The summed E-state index contributed by atoms with van der Waals surface area (Å²) in [5.74, 6) is 0.600. The third-order valence-electron chi connectivity index (χ3n) is 3.42. The smallest absolute Gasteiger partial charge is 0.215 e. The Morgan fingerprint density at radius 3 is 2.81 bits per heavy atom. The molecule has 1 aromatic carbocycles. The van der Waals surface area contributed by atoms with Crippen LogP contribution in [0.2, 0.25) is 5.02 Å². The van der Waals surface area contributed by atoms with Gasteiger partial charge in [0.05, 0.1) is 5.69 Å². The highest BCUT2D eigenvalue weighted by Crippen LogP contribution is 2.24. The van der Waals surface area contributed by atoms with Gasteiger partial charge in [0.1, 0.15) is 6.61 Å². The fraction of sp³-hybridized carbons (Fsp3) is 0.250. The first-order chi connectivity index (χ1) is 10.0. The lowest BCUT2D eigenvalue weighted by atomic mass is 10.2. The highest BCUT2D eigenvalue weighted by Gasteiger charge is 2.11. The van der Waals surface area contributed by atoms with E-state index in [0.29, 0.717) is 17.5 Å². The number of aryl methyl sites for hydroxylation is 3. The number of ether oxygens (including phenoxy) is 1. The second kappa shape index (κ2) is 5.37. The van der Waals surface area contributed by atoms with Crippen LogP contribution in [0, 0.1) is 13.8 Å². The van der Waals surface area contributed by atoms with Crippen molar-refractivity contribution in [2.75, 3.05) is 0 Å². The Balaban J connectivity index is 1.89. The maximum Gasteiger partial charge on any atom is 0.215 e. The molecule has 0 aliphatic rings. The van der Waals surface area contributed by atoms with Gasteiger partial charge >= 0.3 is 0 Å². The van der Waals surface area contributed by atoms with E-state index < -0.39 is 0 Å². The molecule has 3 aromatic rings. The van der Waals surface area contributed by atoms with E-state index in [1.165, 1.54) is 0 Å². The summed E-state index contributed by atoms with van der Waals surface area (Å²) in [7, 11) is 1.89. The molecule has 0 unspecified atom stereocenters. The van der Waals surface area contributed by atoms with E-state index in [2.05, 4.69) is 10.1 Å². The molecule has 0 N–H and O–H groups in total. The van der Waals surface area contributed by atoms with E-state index in [1.54, 1.807) is 4.68 Å². The number of fused-ring (bicyclic) bond motifs is 1. The molecule has 108 valence electrons. The normalized spacial score (nSPS) is 11.0. The number of hydrogen-bond donors (Lipinski definition) is 0. The molecule has 0 aliphatic carbocycles. The monoisotopic (exact) mass is 301 g/mol. The molecule has 2 aromatic heterocycles. The van der Waals surface area contributed by atoms with Gasteiger partial charge in [0.25, 0.3) is 0 Å². The number of rotatable bonds is 3. The maximum absolute atomic E-state index is 5.97. The third kappa shape index (κ3) is 2.72. The summed E-state index contributed by atoms with van der Waals surface area (Å²) in [6, 6.07) is 9.57. The van der Waals surface area contributed by atoms with Crippen LogP contribution in [0.3, 0.4) is 0 Å². The Hall–Kier alpha value is -2.07. The summed E-state index contributed by atoms with van der Waals surface area (Å²) in [4.78, 5) is 4.54. The van der Waals surface area contributed by atoms with Gasteiger partial charge in [-0.05, 0) is 37.1 Å². The van der Waals surface area contributed by atoms with E-state index >= 15 is 0 Å². The zero-order valence-electron chi connectivity index (χ0n) is 12.2. The Kier molecular flexibility index (Phi) is 3.55. The van der Waals surface area contributed by atoms with Crippen LogP contribution in [0.15, 0.2) is 30.3 Å². The standard InChI is InChI=1S/C16H16ClN3O/c1-10-7-14(18-16-15(10)11(2)19-20(16)3)21-9-12-5-4-6-13(17)8-12/h4-8H,9H2,1-3H3. The van der Waals surface area contributed by atoms with Crippen molar-refractivity contribution < 1.29 is 4.74 Å². The fourth-order valence-electron chi connectivity index (χ4n) is 2.49. The van der Waals surface area contributed by atoms with Gasteiger partial charge in [-0.2, -0.15) is 10.1 Å². The number of halogens is 1. The van der Waals surface area contributed by atoms with Gasteiger partial charge in [-0.25, -0.2) is 0 Å². The first kappa shape index (κ1) is 13.9. The van der Waals surface area contributed by atoms with Gasteiger partial charge < -0.3 is 4.74 Å². The Morgan fingerprint density at radius 1 is 1.24 bits per heavy atom. The van der Waals surface area contributed by atoms with Crippen LogP contribution in [0.25, 0.3) is 11.0 Å². The van der Waals surface area contributed by atoms with Crippen LogP contribution in [-0.4, -0.2) is 14.8 Å². The van der Waals surface area contributed by atoms with Crippen molar-refractivity contribution in [3.8, 4) is 5.88 Å². The topological polar surface area (TPSA) is 39.9 Å². The summed E-state index contributed by atoms with van der Waals surface area (Å²) in [6.07, 6.45) is 0. The minimum atomic E-state index is 0.440. The number of pyridine rings is 1. The molecule has 0 saturated carbocycles. The molecule has 0 atom stereocenters. The summed E-state index contributed by atoms with van der Waals surface area (Å²) in [5.41, 5.74) is 3.96. The summed E-state index contributed by atoms with van der Waals surface area (Å²) >= 11 is 5.97. The Labute approximate surface area is 128 Å². The Bertz CT molecular complexity index is 811. The SMILES string of the molecule is Cc1cc(OCc2cccc(Cl)c2)nc2c1c(C)nn2C. The van der Waals surface area contributed by atoms with Gasteiger partial charge in [0, 0.05) is 23.5 Å². The highest BCUT2D eigenvalue weighted by atomic mass is 35.5. The number of benzene rings is 1. The molecular formula is C16H16ClN3O. The molecule has 21 heavy (non-hydrogen) atoms. The second-order valence-electron chi connectivity index (χ2n) is 5.10. The first-order valence-corrected chi connectivity index (χ1v) is 7.10. The van der Waals surface area contributed by atoms with Crippen LogP contribution in [-0.2, 0) is 13.7 Å². The van der Waals surface area contributed by atoms with Crippen LogP contribution >= 0.6 is 11.6 Å². The van der Waals surface area contributed by atoms with Crippen LogP contribution in [0.4, 0.5) is 0 Å². The van der Waals surface area contributed by atoms with Gasteiger partial charge in [-0.15, -0.1) is 0 Å². The van der Waals surface area contributed by atoms with Crippen LogP contribution < -0.4 is 4.74 Å². The van der Waals surface area contributed by atoms with Crippen molar-refractivity contribution in [1.82, 2.24) is 14.8 Å². The fourth-order valence-corrected chi connectivity index (χ4v) is 2.70. The van der Waals surface area contributed by atoms with Gasteiger partial charge in [0.15, 0.2) is 5.65 Å². The molecular weight excluding hydrogens is 286 g/mol. The Morgan fingerprint density at radius 2 is 2.05 bits per heavy atom. The van der Waals surface area contributed by atoms with Crippen LogP contribution in [0.5, 0.6) is 5.88 Å². The maximum atomic E-state index is 5.97. The van der Waals surface area contributed by atoms with Crippen molar-refractivity contribution in [3.63, 3.8) is 0 Å². The molecule has 5 heteroatoms. The van der Waals surface area contributed by atoms with Crippen molar-refractivity contribution in [2.45, 2.75) is 20.5 Å². The van der Waals surface area contributed by atoms with Crippen molar-refractivity contribution in [2.24, 2.45) is 7.05 Å². The van der Waals surface area contributed by atoms with E-state index in [9.17, 15) is 0 Å². The van der Waals surface area contributed by atoms with Crippen molar-refractivity contribution in [3.05, 3.63) is 52.2 Å². The molecule has 2 heterocycles.